The molecule has 20 heavy (non-hydrogen) atoms. The van der Waals surface area contributed by atoms with Gasteiger partial charge in [-0.05, 0) is 35.7 Å². The summed E-state index contributed by atoms with van der Waals surface area (Å²) >= 11 is 6.12. The van der Waals surface area contributed by atoms with Crippen molar-refractivity contribution in [3.8, 4) is 5.75 Å². The quantitative estimate of drug-likeness (QED) is 0.674. The van der Waals surface area contributed by atoms with E-state index in [0.717, 1.165) is 35.5 Å². The van der Waals surface area contributed by atoms with Crippen LogP contribution < -0.4 is 16.0 Å². The van der Waals surface area contributed by atoms with Gasteiger partial charge in [-0.2, -0.15) is 0 Å². The molecule has 2 aromatic carbocycles. The van der Waals surface area contributed by atoms with Gasteiger partial charge in [-0.3, -0.25) is 5.84 Å². The highest BCUT2D eigenvalue weighted by Gasteiger charge is 2.23. The number of hydrogen-bond donors (Lipinski definition) is 2. The number of fused-ring (bicyclic) bond motifs is 1. The topological polar surface area (TPSA) is 47.3 Å². The standard InChI is InChI=1S/C16H17ClN2O/c1-10-5-6-12(17)9-14(10)15(19-18)13-4-2-3-11-7-8-20-16(11)13/h2-6,9,15,19H,7-8,18H2,1H3. The fourth-order valence-corrected chi connectivity index (χ4v) is 2.92. The van der Waals surface area contributed by atoms with E-state index in [1.54, 1.807) is 0 Å². The van der Waals surface area contributed by atoms with Crippen molar-refractivity contribution in [1.29, 1.82) is 0 Å². The summed E-state index contributed by atoms with van der Waals surface area (Å²) in [6.07, 6.45) is 0.953. The summed E-state index contributed by atoms with van der Waals surface area (Å²) in [5.41, 5.74) is 7.41. The lowest BCUT2D eigenvalue weighted by Gasteiger charge is -2.21. The van der Waals surface area contributed by atoms with E-state index in [-0.39, 0.29) is 6.04 Å². The molecule has 1 heterocycles. The van der Waals surface area contributed by atoms with Gasteiger partial charge in [0, 0.05) is 17.0 Å². The van der Waals surface area contributed by atoms with Crippen LogP contribution in [0.15, 0.2) is 36.4 Å². The van der Waals surface area contributed by atoms with Crippen LogP contribution in [0.5, 0.6) is 5.75 Å². The van der Waals surface area contributed by atoms with Crippen LogP contribution in [-0.4, -0.2) is 6.61 Å². The van der Waals surface area contributed by atoms with Gasteiger partial charge in [-0.25, -0.2) is 5.43 Å². The largest absolute Gasteiger partial charge is 0.493 e. The molecule has 0 aromatic heterocycles. The zero-order chi connectivity index (χ0) is 14.1. The summed E-state index contributed by atoms with van der Waals surface area (Å²) in [6, 6.07) is 11.9. The van der Waals surface area contributed by atoms with Crippen molar-refractivity contribution in [3.05, 3.63) is 63.7 Å². The smallest absolute Gasteiger partial charge is 0.127 e. The molecule has 1 atom stereocenters. The maximum Gasteiger partial charge on any atom is 0.127 e. The minimum absolute atomic E-state index is 0.123. The first kappa shape index (κ1) is 13.4. The molecule has 0 fully saturated rings. The second-order valence-corrected chi connectivity index (χ2v) is 5.47. The second-order valence-electron chi connectivity index (χ2n) is 5.03. The van der Waals surface area contributed by atoms with Crippen molar-refractivity contribution in [2.75, 3.05) is 6.61 Å². The Morgan fingerprint density at radius 2 is 2.10 bits per heavy atom. The van der Waals surface area contributed by atoms with Crippen LogP contribution in [0.2, 0.25) is 5.02 Å². The van der Waals surface area contributed by atoms with E-state index in [9.17, 15) is 0 Å². The molecule has 0 aliphatic carbocycles. The summed E-state index contributed by atoms with van der Waals surface area (Å²) in [5.74, 6) is 6.75. The molecule has 0 amide bonds. The predicted molar refractivity (Wildman–Crippen MR) is 81.0 cm³/mol. The number of para-hydroxylation sites is 1. The lowest BCUT2D eigenvalue weighted by Crippen LogP contribution is -2.29. The lowest BCUT2D eigenvalue weighted by molar-refractivity contribution is 0.350. The van der Waals surface area contributed by atoms with E-state index in [1.165, 1.54) is 5.56 Å². The molecule has 1 unspecified atom stereocenters. The normalized spacial score (nSPS) is 14.8. The highest BCUT2D eigenvalue weighted by atomic mass is 35.5. The van der Waals surface area contributed by atoms with E-state index in [0.29, 0.717) is 5.02 Å². The van der Waals surface area contributed by atoms with Crippen LogP contribution in [0.1, 0.15) is 28.3 Å². The number of hydrogen-bond acceptors (Lipinski definition) is 3. The summed E-state index contributed by atoms with van der Waals surface area (Å²) in [7, 11) is 0. The number of nitrogens with two attached hydrogens (primary N) is 1. The SMILES string of the molecule is Cc1ccc(Cl)cc1C(NN)c1cccc2c1OCC2. The molecular formula is C16H17ClN2O. The third-order valence-corrected chi connectivity index (χ3v) is 4.01. The minimum Gasteiger partial charge on any atom is -0.493 e. The maximum atomic E-state index is 6.12. The predicted octanol–water partition coefficient (Wildman–Crippen LogP) is 3.14. The molecule has 1 aliphatic rings. The van der Waals surface area contributed by atoms with Crippen LogP contribution in [-0.2, 0) is 6.42 Å². The molecular weight excluding hydrogens is 272 g/mol. The van der Waals surface area contributed by atoms with Gasteiger partial charge in [0.2, 0.25) is 0 Å². The first-order valence-corrected chi connectivity index (χ1v) is 7.05. The summed E-state index contributed by atoms with van der Waals surface area (Å²) in [5, 5.41) is 0.708. The minimum atomic E-state index is -0.123. The fourth-order valence-electron chi connectivity index (χ4n) is 2.74. The Hall–Kier alpha value is -1.55. The van der Waals surface area contributed by atoms with Gasteiger partial charge in [0.1, 0.15) is 5.75 Å². The first-order chi connectivity index (χ1) is 9.70. The number of halogens is 1. The van der Waals surface area contributed by atoms with Gasteiger partial charge in [0.15, 0.2) is 0 Å². The monoisotopic (exact) mass is 288 g/mol. The Balaban J connectivity index is 2.11. The van der Waals surface area contributed by atoms with Gasteiger partial charge in [0.25, 0.3) is 0 Å². The Labute approximate surface area is 123 Å². The van der Waals surface area contributed by atoms with Gasteiger partial charge in [0.05, 0.1) is 12.6 Å². The third kappa shape index (κ3) is 2.29. The molecule has 1 aliphatic heterocycles. The number of benzene rings is 2. The Kier molecular flexibility index (Phi) is 3.66. The Morgan fingerprint density at radius 3 is 2.90 bits per heavy atom. The number of aryl methyl sites for hydroxylation is 1. The van der Waals surface area contributed by atoms with Crippen LogP contribution in [0.3, 0.4) is 0 Å². The summed E-state index contributed by atoms with van der Waals surface area (Å²) < 4.78 is 5.78. The highest BCUT2D eigenvalue weighted by molar-refractivity contribution is 6.30. The van der Waals surface area contributed by atoms with Crippen molar-refractivity contribution in [2.45, 2.75) is 19.4 Å². The highest BCUT2D eigenvalue weighted by Crippen LogP contribution is 2.37. The van der Waals surface area contributed by atoms with Crippen molar-refractivity contribution in [2.24, 2.45) is 5.84 Å². The molecule has 4 heteroatoms. The van der Waals surface area contributed by atoms with Crippen molar-refractivity contribution in [3.63, 3.8) is 0 Å². The van der Waals surface area contributed by atoms with E-state index < -0.39 is 0 Å². The molecule has 0 bridgehead atoms. The summed E-state index contributed by atoms with van der Waals surface area (Å²) in [4.78, 5) is 0. The Bertz CT molecular complexity index is 642. The first-order valence-electron chi connectivity index (χ1n) is 6.67. The molecule has 0 radical (unpaired) electrons. The van der Waals surface area contributed by atoms with E-state index >= 15 is 0 Å². The van der Waals surface area contributed by atoms with Crippen LogP contribution >= 0.6 is 11.6 Å². The summed E-state index contributed by atoms with van der Waals surface area (Å²) in [6.45, 7) is 2.79. The number of rotatable bonds is 3. The number of nitrogens with one attached hydrogen (secondary N) is 1. The average molecular weight is 289 g/mol. The fraction of sp³-hybridized carbons (Fsp3) is 0.250. The third-order valence-electron chi connectivity index (χ3n) is 3.77. The van der Waals surface area contributed by atoms with Gasteiger partial charge in [-0.15, -0.1) is 0 Å². The van der Waals surface area contributed by atoms with Gasteiger partial charge >= 0.3 is 0 Å². The van der Waals surface area contributed by atoms with Crippen LogP contribution in [0.4, 0.5) is 0 Å². The lowest BCUT2D eigenvalue weighted by atomic mass is 9.93. The average Bonchev–Trinajstić information content (AvgIpc) is 2.92. The van der Waals surface area contributed by atoms with Gasteiger partial charge in [-0.1, -0.05) is 35.9 Å². The number of hydrazine groups is 1. The Morgan fingerprint density at radius 1 is 1.25 bits per heavy atom. The molecule has 0 spiro atoms. The van der Waals surface area contributed by atoms with Crippen LogP contribution in [0, 0.1) is 6.92 Å². The molecule has 0 saturated carbocycles. The molecule has 3 nitrogen and oxygen atoms in total. The molecule has 0 saturated heterocycles. The van der Waals surface area contributed by atoms with E-state index in [1.807, 2.05) is 24.3 Å². The zero-order valence-corrected chi connectivity index (χ0v) is 12.1. The van der Waals surface area contributed by atoms with Gasteiger partial charge < -0.3 is 4.74 Å². The van der Waals surface area contributed by atoms with E-state index in [4.69, 9.17) is 22.2 Å². The van der Waals surface area contributed by atoms with Crippen molar-refractivity contribution < 1.29 is 4.74 Å². The second kappa shape index (κ2) is 5.44. The van der Waals surface area contributed by atoms with Crippen LogP contribution in [0.25, 0.3) is 0 Å². The molecule has 2 aromatic rings. The molecule has 104 valence electrons. The molecule has 3 rings (SSSR count). The maximum absolute atomic E-state index is 6.12. The zero-order valence-electron chi connectivity index (χ0n) is 11.3. The molecule has 3 N–H and O–H groups in total. The van der Waals surface area contributed by atoms with Crippen molar-refractivity contribution in [1.82, 2.24) is 5.43 Å². The van der Waals surface area contributed by atoms with E-state index in [2.05, 4.69) is 24.5 Å². The number of ether oxygens (including phenoxy) is 1. The van der Waals surface area contributed by atoms with Crippen molar-refractivity contribution >= 4 is 11.6 Å².